The van der Waals surface area contributed by atoms with Crippen molar-refractivity contribution in [3.63, 3.8) is 0 Å². The molecule has 1 aliphatic rings. The van der Waals surface area contributed by atoms with Crippen molar-refractivity contribution in [3.8, 4) is 16.9 Å². The van der Waals surface area contributed by atoms with E-state index in [2.05, 4.69) is 49.3 Å². The molecule has 3 aromatic carbocycles. The molecule has 0 aliphatic heterocycles. The number of phenolic OH excluding ortho intramolecular Hbond substituents is 1. The Morgan fingerprint density at radius 3 is 2.22 bits per heavy atom. The van der Waals surface area contributed by atoms with Crippen LogP contribution in [0.4, 0.5) is 4.79 Å². The fourth-order valence-electron chi connectivity index (χ4n) is 3.97. The van der Waals surface area contributed by atoms with Crippen LogP contribution in [0, 0.1) is 0 Å². The molecule has 166 valence electrons. The maximum atomic E-state index is 12.3. The van der Waals surface area contributed by atoms with Crippen molar-refractivity contribution in [2.45, 2.75) is 18.1 Å². The van der Waals surface area contributed by atoms with Crippen LogP contribution in [0.5, 0.6) is 5.75 Å². The molecule has 4 rings (SSSR count). The van der Waals surface area contributed by atoms with Gasteiger partial charge in [0.15, 0.2) is 0 Å². The van der Waals surface area contributed by atoms with Gasteiger partial charge in [-0.05, 0) is 50.3 Å². The number of phenols is 1. The van der Waals surface area contributed by atoms with E-state index in [4.69, 9.17) is 4.74 Å². The number of aromatic hydroxyl groups is 1. The number of hydrogen-bond acceptors (Lipinski definition) is 5. The van der Waals surface area contributed by atoms with Crippen LogP contribution in [-0.4, -0.2) is 40.7 Å². The normalized spacial score (nSPS) is 14.4. The second-order valence-corrected chi connectivity index (χ2v) is 9.31. The number of alkyl carbamates (subject to hydrolysis) is 1. The summed E-state index contributed by atoms with van der Waals surface area (Å²) in [5.41, 5.74) is 4.61. The molecule has 0 spiro atoms. The number of benzene rings is 3. The molecule has 0 radical (unpaired) electrons. The first-order chi connectivity index (χ1) is 15.4. The Morgan fingerprint density at radius 2 is 1.59 bits per heavy atom. The first-order valence-corrected chi connectivity index (χ1v) is 11.6. The monoisotopic (exact) mass is 561 g/mol. The highest BCUT2D eigenvalue weighted by Crippen LogP contribution is 2.44. The number of hydrogen-bond donors (Lipinski definition) is 4. The molecular formula is C24H21Br2NO5. The zero-order chi connectivity index (χ0) is 22.8. The van der Waals surface area contributed by atoms with Gasteiger partial charge in [-0.15, -0.1) is 0 Å². The first kappa shape index (κ1) is 22.8. The summed E-state index contributed by atoms with van der Waals surface area (Å²) in [7, 11) is 0. The van der Waals surface area contributed by atoms with Crippen LogP contribution in [0.3, 0.4) is 0 Å². The van der Waals surface area contributed by atoms with Gasteiger partial charge in [0, 0.05) is 22.5 Å². The molecule has 0 saturated carbocycles. The Kier molecular flexibility index (Phi) is 6.85. The smallest absolute Gasteiger partial charge is 0.407 e. The third-order valence-corrected chi connectivity index (χ3v) is 6.60. The molecule has 0 fully saturated rings. The van der Waals surface area contributed by atoms with Gasteiger partial charge in [-0.3, -0.25) is 0 Å². The topological polar surface area (TPSA) is 99.0 Å². The Morgan fingerprint density at radius 1 is 1.00 bits per heavy atom. The van der Waals surface area contributed by atoms with E-state index in [9.17, 15) is 20.1 Å². The number of nitrogens with one attached hydrogen (secondary N) is 1. The van der Waals surface area contributed by atoms with Crippen molar-refractivity contribution >= 4 is 38.0 Å². The summed E-state index contributed by atoms with van der Waals surface area (Å²) in [4.78, 5) is 12.3. The molecule has 0 heterocycles. The highest BCUT2D eigenvalue weighted by Gasteiger charge is 2.29. The van der Waals surface area contributed by atoms with Gasteiger partial charge in [-0.1, -0.05) is 64.5 Å². The standard InChI is InChI=1S/C24H21Br2NO5/c25-13-9-18(22(29)20(26)10-13)23(30)21(28)11-27-24(31)32-12-19-16-7-3-1-5-14(16)15-6-2-4-8-17(15)19/h1-10,19,21,23,28-30H,11-12H2,(H,27,31). The van der Waals surface area contributed by atoms with E-state index < -0.39 is 18.3 Å². The molecule has 2 atom stereocenters. The van der Waals surface area contributed by atoms with E-state index in [0.29, 0.717) is 8.95 Å². The van der Waals surface area contributed by atoms with Crippen LogP contribution >= 0.6 is 31.9 Å². The van der Waals surface area contributed by atoms with E-state index in [0.717, 1.165) is 22.3 Å². The van der Waals surface area contributed by atoms with Crippen LogP contribution < -0.4 is 5.32 Å². The molecule has 1 aliphatic carbocycles. The Labute approximate surface area is 202 Å². The van der Waals surface area contributed by atoms with Gasteiger partial charge in [-0.25, -0.2) is 4.79 Å². The second kappa shape index (κ2) is 9.62. The summed E-state index contributed by atoms with van der Waals surface area (Å²) in [5.74, 6) is -0.250. The van der Waals surface area contributed by atoms with Gasteiger partial charge < -0.3 is 25.4 Å². The lowest BCUT2D eigenvalue weighted by molar-refractivity contribution is 0.0172. The summed E-state index contributed by atoms with van der Waals surface area (Å²) in [6.07, 6.45) is -3.45. The Bertz CT molecular complexity index is 1110. The third-order valence-electron chi connectivity index (χ3n) is 5.54. The molecule has 0 saturated heterocycles. The van der Waals surface area contributed by atoms with Gasteiger partial charge in [0.2, 0.25) is 0 Å². The maximum absolute atomic E-state index is 12.3. The highest BCUT2D eigenvalue weighted by atomic mass is 79.9. The van der Waals surface area contributed by atoms with Crippen molar-refractivity contribution in [3.05, 3.63) is 86.3 Å². The lowest BCUT2D eigenvalue weighted by Crippen LogP contribution is -2.36. The van der Waals surface area contributed by atoms with Crippen molar-refractivity contribution in [1.82, 2.24) is 5.32 Å². The number of carbonyl (C=O) groups excluding carboxylic acids is 1. The number of ether oxygens (including phenoxy) is 1. The Balaban J connectivity index is 1.36. The lowest BCUT2D eigenvalue weighted by Gasteiger charge is -2.20. The van der Waals surface area contributed by atoms with E-state index in [1.54, 1.807) is 6.07 Å². The fourth-order valence-corrected chi connectivity index (χ4v) is 5.23. The molecule has 0 aromatic heterocycles. The molecule has 4 N–H and O–H groups in total. The van der Waals surface area contributed by atoms with Crippen LogP contribution in [-0.2, 0) is 4.74 Å². The summed E-state index contributed by atoms with van der Waals surface area (Å²) in [6.45, 7) is -0.0979. The minimum absolute atomic E-state index is 0.0698. The summed E-state index contributed by atoms with van der Waals surface area (Å²) >= 11 is 6.47. The second-order valence-electron chi connectivity index (χ2n) is 7.54. The quantitative estimate of drug-likeness (QED) is 0.344. The molecule has 2 unspecified atom stereocenters. The molecule has 8 heteroatoms. The van der Waals surface area contributed by atoms with Crippen molar-refractivity contribution in [2.75, 3.05) is 13.2 Å². The van der Waals surface area contributed by atoms with Crippen LogP contribution in [0.25, 0.3) is 11.1 Å². The average molecular weight is 563 g/mol. The number of aliphatic hydroxyl groups excluding tert-OH is 2. The molecule has 6 nitrogen and oxygen atoms in total. The number of halogens is 2. The number of aliphatic hydroxyl groups is 2. The average Bonchev–Trinajstić information content (AvgIpc) is 3.11. The van der Waals surface area contributed by atoms with Crippen molar-refractivity contribution in [1.29, 1.82) is 0 Å². The number of carbonyl (C=O) groups is 1. The predicted molar refractivity (Wildman–Crippen MR) is 128 cm³/mol. The van der Waals surface area contributed by atoms with Crippen LogP contribution in [0.15, 0.2) is 69.6 Å². The maximum Gasteiger partial charge on any atom is 0.407 e. The fraction of sp³-hybridized carbons (Fsp3) is 0.208. The van der Waals surface area contributed by atoms with E-state index in [1.165, 1.54) is 6.07 Å². The first-order valence-electron chi connectivity index (χ1n) is 9.99. The van der Waals surface area contributed by atoms with Crippen LogP contribution in [0.2, 0.25) is 0 Å². The lowest BCUT2D eigenvalue weighted by atomic mass is 9.98. The summed E-state index contributed by atoms with van der Waals surface area (Å²) in [6, 6.07) is 19.2. The summed E-state index contributed by atoms with van der Waals surface area (Å²) in [5, 5.41) is 33.3. The minimum Gasteiger partial charge on any atom is -0.506 e. The molecule has 3 aromatic rings. The molecule has 1 amide bonds. The van der Waals surface area contributed by atoms with Crippen molar-refractivity contribution < 1.29 is 24.9 Å². The highest BCUT2D eigenvalue weighted by molar-refractivity contribution is 9.11. The largest absolute Gasteiger partial charge is 0.506 e. The van der Waals surface area contributed by atoms with E-state index >= 15 is 0 Å². The van der Waals surface area contributed by atoms with Gasteiger partial charge in [-0.2, -0.15) is 0 Å². The third kappa shape index (κ3) is 4.54. The zero-order valence-corrected chi connectivity index (χ0v) is 20.0. The zero-order valence-electron chi connectivity index (χ0n) is 16.8. The van der Waals surface area contributed by atoms with Crippen LogP contribution in [0.1, 0.15) is 28.7 Å². The Hall–Kier alpha value is -2.39. The minimum atomic E-state index is -1.40. The van der Waals surface area contributed by atoms with Gasteiger partial charge in [0.1, 0.15) is 24.6 Å². The molecular weight excluding hydrogens is 542 g/mol. The number of amides is 1. The van der Waals surface area contributed by atoms with Gasteiger partial charge in [0.25, 0.3) is 0 Å². The van der Waals surface area contributed by atoms with Gasteiger partial charge in [0.05, 0.1) is 4.47 Å². The van der Waals surface area contributed by atoms with Crippen molar-refractivity contribution in [2.24, 2.45) is 0 Å². The number of rotatable bonds is 6. The van der Waals surface area contributed by atoms with E-state index in [1.807, 2.05) is 36.4 Å². The van der Waals surface area contributed by atoms with E-state index in [-0.39, 0.29) is 30.4 Å². The predicted octanol–water partition coefficient (Wildman–Crippen LogP) is 4.85. The van der Waals surface area contributed by atoms with Gasteiger partial charge >= 0.3 is 6.09 Å². The molecule has 32 heavy (non-hydrogen) atoms. The SMILES string of the molecule is O=C(NCC(O)C(O)c1cc(Br)cc(Br)c1O)OCC1c2ccccc2-c2ccccc21. The summed E-state index contributed by atoms with van der Waals surface area (Å²) < 4.78 is 6.42. The number of fused-ring (bicyclic) bond motifs is 3. The molecule has 0 bridgehead atoms.